The quantitative estimate of drug-likeness (QED) is 0.276. The van der Waals surface area contributed by atoms with Gasteiger partial charge in [0.1, 0.15) is 35.8 Å². The summed E-state index contributed by atoms with van der Waals surface area (Å²) in [5, 5.41) is 13.5. The summed E-state index contributed by atoms with van der Waals surface area (Å²) in [5.41, 5.74) is 7.50. The molecular weight excluding hydrogens is 511 g/mol. The molecule has 1 aromatic heterocycles. The molecule has 2 atom stereocenters. The first-order valence-electron chi connectivity index (χ1n) is 13.5. The smallest absolute Gasteiger partial charge is 0.304 e. The van der Waals surface area contributed by atoms with E-state index in [1.54, 1.807) is 10.7 Å². The Morgan fingerprint density at radius 3 is 2.65 bits per heavy atom. The van der Waals surface area contributed by atoms with Crippen molar-refractivity contribution in [1.82, 2.24) is 9.78 Å². The zero-order valence-corrected chi connectivity index (χ0v) is 22.7. The summed E-state index contributed by atoms with van der Waals surface area (Å²) in [4.78, 5) is 11.2. The minimum Gasteiger partial charge on any atom is -0.492 e. The van der Waals surface area contributed by atoms with E-state index in [2.05, 4.69) is 18.9 Å². The second-order valence-electron chi connectivity index (χ2n) is 10.6. The van der Waals surface area contributed by atoms with E-state index in [-0.39, 0.29) is 18.2 Å². The molecule has 206 valence electrons. The fourth-order valence-corrected chi connectivity index (χ4v) is 6.03. The summed E-state index contributed by atoms with van der Waals surface area (Å²) < 4.78 is 35.1. The monoisotopic (exact) mass is 542 g/mol. The van der Waals surface area contributed by atoms with Crippen LogP contribution in [0, 0.1) is 19.7 Å². The highest BCUT2D eigenvalue weighted by atomic mass is 19.1. The molecule has 0 amide bonds. The summed E-state index contributed by atoms with van der Waals surface area (Å²) in [7, 11) is 1.88. The predicted octanol–water partition coefficient (Wildman–Crippen LogP) is 6.44. The summed E-state index contributed by atoms with van der Waals surface area (Å²) in [6.07, 6.45) is 2.84. The number of carboxylic acid groups (broad SMARTS) is 1. The number of hydrogen-bond donors (Lipinski definition) is 1. The van der Waals surface area contributed by atoms with E-state index in [9.17, 15) is 4.79 Å². The maximum absolute atomic E-state index is 15.3. The number of nitrogens with zero attached hydrogens (tertiary/aromatic N) is 2. The molecule has 3 aromatic carbocycles. The lowest BCUT2D eigenvalue weighted by atomic mass is 9.90. The molecule has 1 aliphatic heterocycles. The average Bonchev–Trinajstić information content (AvgIpc) is 3.63. The Labute approximate surface area is 232 Å². The second-order valence-corrected chi connectivity index (χ2v) is 10.6. The Morgan fingerprint density at radius 1 is 1.12 bits per heavy atom. The molecule has 0 saturated carbocycles. The topological polar surface area (TPSA) is 82.8 Å². The molecule has 1 aliphatic carbocycles. The van der Waals surface area contributed by atoms with Gasteiger partial charge in [-0.05, 0) is 84.8 Å². The highest BCUT2D eigenvalue weighted by Crippen LogP contribution is 2.45. The van der Waals surface area contributed by atoms with E-state index in [1.165, 1.54) is 6.07 Å². The second kappa shape index (κ2) is 10.3. The van der Waals surface area contributed by atoms with Crippen LogP contribution in [-0.4, -0.2) is 27.5 Å². The van der Waals surface area contributed by atoms with E-state index < -0.39 is 12.1 Å². The van der Waals surface area contributed by atoms with E-state index in [4.69, 9.17) is 19.3 Å². The number of aliphatic carboxylic acids is 1. The number of halogens is 1. The van der Waals surface area contributed by atoms with Crippen LogP contribution in [-0.2, 0) is 24.9 Å². The van der Waals surface area contributed by atoms with Crippen LogP contribution in [0.15, 0.2) is 54.7 Å². The molecule has 2 aliphatic rings. The summed E-state index contributed by atoms with van der Waals surface area (Å²) >= 11 is 0. The summed E-state index contributed by atoms with van der Waals surface area (Å²) in [6.45, 7) is 4.83. The van der Waals surface area contributed by atoms with Crippen molar-refractivity contribution in [3.05, 3.63) is 94.1 Å². The van der Waals surface area contributed by atoms with Gasteiger partial charge >= 0.3 is 5.97 Å². The van der Waals surface area contributed by atoms with Crippen LogP contribution >= 0.6 is 0 Å². The van der Waals surface area contributed by atoms with Crippen molar-refractivity contribution in [1.29, 1.82) is 0 Å². The van der Waals surface area contributed by atoms with Gasteiger partial charge in [0, 0.05) is 36.4 Å². The molecule has 1 N–H and O–H groups in total. The fraction of sp³-hybridized carbons (Fsp3) is 0.312. The van der Waals surface area contributed by atoms with E-state index in [1.807, 2.05) is 49.6 Å². The fourth-order valence-electron chi connectivity index (χ4n) is 6.03. The third-order valence-electron chi connectivity index (χ3n) is 7.78. The molecule has 4 aromatic rings. The van der Waals surface area contributed by atoms with Crippen LogP contribution in [0.1, 0.15) is 58.4 Å². The third-order valence-corrected chi connectivity index (χ3v) is 7.78. The standard InChI is InChI=1S/C32H31FN2O5/c1-18-12-23(38-17-21-10-11-35(3)34-21)13-19(2)31(18)25-6-8-27(33)32-26(25)7-9-28(32)40-22-4-5-24-20(14-30(36)37)16-39-29(24)15-22/h4-6,8,10-13,15,20,28H,7,9,14,16-17H2,1-3H3,(H,36,37)/t20-,28-/m1/s1. The molecule has 0 bridgehead atoms. The maximum Gasteiger partial charge on any atom is 0.304 e. The average molecular weight is 543 g/mol. The largest absolute Gasteiger partial charge is 0.492 e. The van der Waals surface area contributed by atoms with E-state index >= 15 is 4.39 Å². The van der Waals surface area contributed by atoms with Crippen molar-refractivity contribution < 1.29 is 28.5 Å². The Morgan fingerprint density at radius 2 is 1.93 bits per heavy atom. The molecule has 8 heteroatoms. The Kier molecular flexibility index (Phi) is 6.70. The molecule has 7 nitrogen and oxygen atoms in total. The van der Waals surface area contributed by atoms with E-state index in [0.29, 0.717) is 43.1 Å². The van der Waals surface area contributed by atoms with Crippen molar-refractivity contribution in [2.75, 3.05) is 6.61 Å². The van der Waals surface area contributed by atoms with Crippen LogP contribution < -0.4 is 14.2 Å². The number of aryl methyl sites for hydroxylation is 3. The molecule has 0 spiro atoms. The SMILES string of the molecule is Cc1cc(OCc2ccn(C)n2)cc(C)c1-c1ccc(F)c2c1CC[C@H]2Oc1ccc2c(c1)OC[C@H]2CC(=O)O. The number of benzene rings is 3. The molecule has 2 heterocycles. The number of fused-ring (bicyclic) bond motifs is 2. The van der Waals surface area contributed by atoms with Crippen LogP contribution in [0.4, 0.5) is 4.39 Å². The number of aromatic nitrogens is 2. The van der Waals surface area contributed by atoms with Gasteiger partial charge in [0.2, 0.25) is 0 Å². The van der Waals surface area contributed by atoms with Crippen LogP contribution in [0.5, 0.6) is 17.2 Å². The zero-order chi connectivity index (χ0) is 28.0. The van der Waals surface area contributed by atoms with Crippen LogP contribution in [0.25, 0.3) is 11.1 Å². The van der Waals surface area contributed by atoms with Gasteiger partial charge in [-0.3, -0.25) is 9.48 Å². The minimum atomic E-state index is -0.854. The van der Waals surface area contributed by atoms with Crippen molar-refractivity contribution in [3.63, 3.8) is 0 Å². The summed E-state index contributed by atoms with van der Waals surface area (Å²) in [6, 6.07) is 14.8. The van der Waals surface area contributed by atoms with Gasteiger partial charge in [0.05, 0.1) is 18.7 Å². The van der Waals surface area contributed by atoms with Gasteiger partial charge in [0.15, 0.2) is 0 Å². The normalized spacial score (nSPS) is 17.3. The summed E-state index contributed by atoms with van der Waals surface area (Å²) in [5.74, 6) is 0.686. The Balaban J connectivity index is 1.24. The van der Waals surface area contributed by atoms with Crippen molar-refractivity contribution in [2.24, 2.45) is 7.05 Å². The Hall–Kier alpha value is -4.33. The number of ether oxygens (including phenoxy) is 3. The number of carbonyl (C=O) groups is 1. The first kappa shape index (κ1) is 25.9. The third kappa shape index (κ3) is 4.90. The lowest BCUT2D eigenvalue weighted by Crippen LogP contribution is -2.07. The molecular formula is C32H31FN2O5. The van der Waals surface area contributed by atoms with Gasteiger partial charge in [-0.15, -0.1) is 0 Å². The van der Waals surface area contributed by atoms with Crippen molar-refractivity contribution >= 4 is 5.97 Å². The molecule has 0 radical (unpaired) electrons. The van der Waals surface area contributed by atoms with E-state index in [0.717, 1.165) is 44.8 Å². The molecule has 0 unspecified atom stereocenters. The lowest BCUT2D eigenvalue weighted by Gasteiger charge is -2.19. The molecule has 6 rings (SSSR count). The van der Waals surface area contributed by atoms with Gasteiger partial charge < -0.3 is 19.3 Å². The number of rotatable bonds is 8. The van der Waals surface area contributed by atoms with Gasteiger partial charge in [0.25, 0.3) is 0 Å². The zero-order valence-electron chi connectivity index (χ0n) is 22.7. The van der Waals surface area contributed by atoms with Crippen molar-refractivity contribution in [2.45, 2.75) is 51.7 Å². The van der Waals surface area contributed by atoms with Gasteiger partial charge in [-0.1, -0.05) is 12.1 Å². The van der Waals surface area contributed by atoms with Gasteiger partial charge in [-0.25, -0.2) is 4.39 Å². The first-order valence-corrected chi connectivity index (χ1v) is 13.5. The molecule has 0 saturated heterocycles. The molecule has 0 fully saturated rings. The highest BCUT2D eigenvalue weighted by molar-refractivity contribution is 5.76. The maximum atomic E-state index is 15.3. The minimum absolute atomic E-state index is 0.0212. The predicted molar refractivity (Wildman–Crippen MR) is 147 cm³/mol. The molecule has 40 heavy (non-hydrogen) atoms. The first-order chi connectivity index (χ1) is 19.3. The van der Waals surface area contributed by atoms with Crippen molar-refractivity contribution in [3.8, 4) is 28.4 Å². The number of hydrogen-bond acceptors (Lipinski definition) is 5. The highest BCUT2D eigenvalue weighted by Gasteiger charge is 2.32. The van der Waals surface area contributed by atoms with Crippen LogP contribution in [0.3, 0.4) is 0 Å². The van der Waals surface area contributed by atoms with Crippen LogP contribution in [0.2, 0.25) is 0 Å². The number of carboxylic acids is 1. The lowest BCUT2D eigenvalue weighted by molar-refractivity contribution is -0.137. The van der Waals surface area contributed by atoms with Gasteiger partial charge in [-0.2, -0.15) is 5.10 Å². The Bertz CT molecular complexity index is 1590.